The molecule has 2 unspecified atom stereocenters. The number of ether oxygens (including phenoxy) is 1. The van der Waals surface area contributed by atoms with Gasteiger partial charge < -0.3 is 10.1 Å². The first-order chi connectivity index (χ1) is 9.36. The Labute approximate surface area is 115 Å². The zero-order valence-electron chi connectivity index (χ0n) is 11.7. The normalized spacial score (nSPS) is 25.6. The molecule has 0 spiro atoms. The van der Waals surface area contributed by atoms with Gasteiger partial charge in [0.15, 0.2) is 0 Å². The van der Waals surface area contributed by atoms with Gasteiger partial charge in [-0.1, -0.05) is 30.3 Å². The summed E-state index contributed by atoms with van der Waals surface area (Å²) in [6.07, 6.45) is 4.26. The van der Waals surface area contributed by atoms with Crippen LogP contribution in [0.4, 0.5) is 0 Å². The molecule has 1 N–H and O–H groups in total. The molecule has 1 saturated heterocycles. The molecular weight excluding hydrogens is 236 g/mol. The molecule has 19 heavy (non-hydrogen) atoms. The van der Waals surface area contributed by atoms with E-state index in [-0.39, 0.29) is 0 Å². The van der Waals surface area contributed by atoms with E-state index in [1.165, 1.54) is 18.4 Å². The second kappa shape index (κ2) is 6.04. The van der Waals surface area contributed by atoms with Crippen LogP contribution in [0.5, 0.6) is 0 Å². The molecule has 0 bridgehead atoms. The third-order valence-corrected chi connectivity index (χ3v) is 4.31. The fraction of sp³-hybridized carbons (Fsp3) is 0.625. The molecule has 1 aliphatic carbocycles. The van der Waals surface area contributed by atoms with Gasteiger partial charge in [0.25, 0.3) is 0 Å². The minimum absolute atomic E-state index is 0.409. The molecule has 2 fully saturated rings. The summed E-state index contributed by atoms with van der Waals surface area (Å²) in [5, 5.41) is 3.68. The van der Waals surface area contributed by atoms with E-state index < -0.39 is 0 Å². The molecule has 3 rings (SSSR count). The van der Waals surface area contributed by atoms with Crippen molar-refractivity contribution in [2.24, 2.45) is 0 Å². The molecule has 0 radical (unpaired) electrons. The monoisotopic (exact) mass is 260 g/mol. The molecule has 0 amide bonds. The van der Waals surface area contributed by atoms with Crippen LogP contribution in [0.1, 0.15) is 30.9 Å². The van der Waals surface area contributed by atoms with Gasteiger partial charge >= 0.3 is 0 Å². The van der Waals surface area contributed by atoms with Crippen LogP contribution in [0.25, 0.3) is 0 Å². The zero-order chi connectivity index (χ0) is 13.1. The summed E-state index contributed by atoms with van der Waals surface area (Å²) in [6, 6.07) is 12.1. The Bertz CT molecular complexity index is 391. The Morgan fingerprint density at radius 1 is 1.26 bits per heavy atom. The Kier molecular flexibility index (Phi) is 4.16. The number of nitrogens with zero attached hydrogens (tertiary/aromatic N) is 1. The van der Waals surface area contributed by atoms with Crippen molar-refractivity contribution in [1.82, 2.24) is 10.2 Å². The second-order valence-electron chi connectivity index (χ2n) is 5.75. The van der Waals surface area contributed by atoms with Crippen molar-refractivity contribution in [3.63, 3.8) is 0 Å². The van der Waals surface area contributed by atoms with Gasteiger partial charge in [0, 0.05) is 38.8 Å². The summed E-state index contributed by atoms with van der Waals surface area (Å²) >= 11 is 0. The minimum atomic E-state index is 0.409. The largest absolute Gasteiger partial charge is 0.380 e. The predicted octanol–water partition coefficient (Wildman–Crippen LogP) is 2.20. The quantitative estimate of drug-likeness (QED) is 0.848. The lowest BCUT2D eigenvalue weighted by molar-refractivity contribution is 0.100. The topological polar surface area (TPSA) is 24.5 Å². The molecule has 3 heteroatoms. The SMILES string of the molecule is COC1CCN(C(CNC2CC2)c2ccccc2)C1. The van der Waals surface area contributed by atoms with Gasteiger partial charge in [-0.25, -0.2) is 0 Å². The highest BCUT2D eigenvalue weighted by Crippen LogP contribution is 2.27. The van der Waals surface area contributed by atoms with Gasteiger partial charge in [-0.3, -0.25) is 4.90 Å². The molecule has 1 aliphatic heterocycles. The van der Waals surface area contributed by atoms with Crippen molar-refractivity contribution >= 4 is 0 Å². The van der Waals surface area contributed by atoms with Gasteiger partial charge in [-0.15, -0.1) is 0 Å². The fourth-order valence-electron chi connectivity index (χ4n) is 2.93. The van der Waals surface area contributed by atoms with Crippen molar-refractivity contribution in [2.45, 2.75) is 37.5 Å². The van der Waals surface area contributed by atoms with Crippen molar-refractivity contribution in [2.75, 3.05) is 26.7 Å². The molecule has 2 aliphatic rings. The smallest absolute Gasteiger partial charge is 0.0710 e. The number of methoxy groups -OCH3 is 1. The van der Waals surface area contributed by atoms with Gasteiger partial charge in [-0.2, -0.15) is 0 Å². The molecule has 1 heterocycles. The number of hydrogen-bond donors (Lipinski definition) is 1. The van der Waals surface area contributed by atoms with Crippen molar-refractivity contribution in [3.05, 3.63) is 35.9 Å². The van der Waals surface area contributed by atoms with E-state index in [4.69, 9.17) is 4.74 Å². The number of rotatable bonds is 6. The van der Waals surface area contributed by atoms with E-state index in [2.05, 4.69) is 40.5 Å². The molecule has 104 valence electrons. The minimum Gasteiger partial charge on any atom is -0.380 e. The van der Waals surface area contributed by atoms with Crippen LogP contribution in [-0.4, -0.2) is 43.8 Å². The van der Waals surface area contributed by atoms with E-state index >= 15 is 0 Å². The highest BCUT2D eigenvalue weighted by atomic mass is 16.5. The second-order valence-corrected chi connectivity index (χ2v) is 5.75. The van der Waals surface area contributed by atoms with Gasteiger partial charge in [0.05, 0.1) is 6.10 Å². The van der Waals surface area contributed by atoms with Crippen LogP contribution in [0.3, 0.4) is 0 Å². The summed E-state index contributed by atoms with van der Waals surface area (Å²) in [7, 11) is 1.83. The number of nitrogens with one attached hydrogen (secondary N) is 1. The summed E-state index contributed by atoms with van der Waals surface area (Å²) in [5.74, 6) is 0. The van der Waals surface area contributed by atoms with Crippen LogP contribution in [-0.2, 0) is 4.74 Å². The Morgan fingerprint density at radius 2 is 2.05 bits per heavy atom. The number of hydrogen-bond acceptors (Lipinski definition) is 3. The standard InChI is InChI=1S/C16H24N2O/c1-19-15-9-10-18(12-15)16(11-17-14-7-8-14)13-5-3-2-4-6-13/h2-6,14-17H,7-12H2,1H3. The lowest BCUT2D eigenvalue weighted by Crippen LogP contribution is -2.36. The predicted molar refractivity (Wildman–Crippen MR) is 77.2 cm³/mol. The fourth-order valence-corrected chi connectivity index (χ4v) is 2.93. The molecule has 1 saturated carbocycles. The van der Waals surface area contributed by atoms with Crippen molar-refractivity contribution in [1.29, 1.82) is 0 Å². The molecule has 1 aromatic rings. The van der Waals surface area contributed by atoms with E-state index in [0.717, 1.165) is 32.1 Å². The number of benzene rings is 1. The van der Waals surface area contributed by atoms with E-state index in [0.29, 0.717) is 12.1 Å². The first-order valence-corrected chi connectivity index (χ1v) is 7.42. The first kappa shape index (κ1) is 13.1. The third-order valence-electron chi connectivity index (χ3n) is 4.31. The van der Waals surface area contributed by atoms with Crippen LogP contribution in [0, 0.1) is 0 Å². The Morgan fingerprint density at radius 3 is 2.68 bits per heavy atom. The maximum absolute atomic E-state index is 5.50. The molecule has 1 aromatic carbocycles. The lowest BCUT2D eigenvalue weighted by Gasteiger charge is -2.28. The number of likely N-dealkylation sites (tertiary alicyclic amines) is 1. The summed E-state index contributed by atoms with van der Waals surface area (Å²) in [6.45, 7) is 3.26. The van der Waals surface area contributed by atoms with E-state index in [1.807, 2.05) is 7.11 Å². The Balaban J connectivity index is 1.68. The van der Waals surface area contributed by atoms with Gasteiger partial charge in [0.2, 0.25) is 0 Å². The van der Waals surface area contributed by atoms with Crippen molar-refractivity contribution in [3.8, 4) is 0 Å². The highest BCUT2D eigenvalue weighted by molar-refractivity contribution is 5.20. The summed E-state index contributed by atoms with van der Waals surface area (Å²) < 4.78 is 5.50. The molecule has 3 nitrogen and oxygen atoms in total. The summed E-state index contributed by atoms with van der Waals surface area (Å²) in [4.78, 5) is 2.57. The maximum atomic E-state index is 5.50. The first-order valence-electron chi connectivity index (χ1n) is 7.42. The van der Waals surface area contributed by atoms with Gasteiger partial charge in [0.1, 0.15) is 0 Å². The zero-order valence-corrected chi connectivity index (χ0v) is 11.7. The van der Waals surface area contributed by atoms with Crippen LogP contribution < -0.4 is 5.32 Å². The van der Waals surface area contributed by atoms with Gasteiger partial charge in [-0.05, 0) is 24.8 Å². The van der Waals surface area contributed by atoms with E-state index in [1.54, 1.807) is 0 Å². The van der Waals surface area contributed by atoms with Crippen LogP contribution >= 0.6 is 0 Å². The lowest BCUT2D eigenvalue weighted by atomic mass is 10.1. The highest BCUT2D eigenvalue weighted by Gasteiger charge is 2.30. The molecule has 2 atom stereocenters. The molecular formula is C16H24N2O. The average molecular weight is 260 g/mol. The van der Waals surface area contributed by atoms with Crippen LogP contribution in [0.15, 0.2) is 30.3 Å². The van der Waals surface area contributed by atoms with E-state index in [9.17, 15) is 0 Å². The Hall–Kier alpha value is -0.900. The average Bonchev–Trinajstić information content (AvgIpc) is 3.16. The maximum Gasteiger partial charge on any atom is 0.0710 e. The third kappa shape index (κ3) is 3.35. The van der Waals surface area contributed by atoms with Crippen LogP contribution in [0.2, 0.25) is 0 Å². The summed E-state index contributed by atoms with van der Waals surface area (Å²) in [5.41, 5.74) is 1.42. The molecule has 0 aromatic heterocycles. The van der Waals surface area contributed by atoms with Crippen molar-refractivity contribution < 1.29 is 4.74 Å².